The van der Waals surface area contributed by atoms with E-state index in [1.54, 1.807) is 22.7 Å². The third kappa shape index (κ3) is 6.46. The quantitative estimate of drug-likeness (QED) is 0.698. The van der Waals surface area contributed by atoms with E-state index in [-0.39, 0.29) is 11.9 Å². The Hall–Kier alpha value is -1.65. The van der Waals surface area contributed by atoms with E-state index in [1.165, 1.54) is 9.78 Å². The van der Waals surface area contributed by atoms with Crippen molar-refractivity contribution in [1.29, 1.82) is 0 Å². The average Bonchev–Trinajstić information content (AvgIpc) is 3.33. The van der Waals surface area contributed by atoms with Gasteiger partial charge in [0, 0.05) is 29.9 Å². The number of urea groups is 1. The fraction of sp³-hybridized carbons (Fsp3) is 0.556. The van der Waals surface area contributed by atoms with Gasteiger partial charge in [0.15, 0.2) is 0 Å². The largest absolute Gasteiger partial charge is 0.401 e. The van der Waals surface area contributed by atoms with Gasteiger partial charge in [-0.2, -0.15) is 13.2 Å². The number of amides is 2. The number of aromatic nitrogens is 1. The summed E-state index contributed by atoms with van der Waals surface area (Å²) in [6.07, 6.45) is -2.77. The Morgan fingerprint density at radius 3 is 2.89 bits per heavy atom. The molecule has 0 aromatic carbocycles. The maximum absolute atomic E-state index is 12.4. The predicted molar refractivity (Wildman–Crippen MR) is 106 cm³/mol. The van der Waals surface area contributed by atoms with Gasteiger partial charge in [0.1, 0.15) is 0 Å². The van der Waals surface area contributed by atoms with Crippen molar-refractivity contribution in [3.05, 3.63) is 27.4 Å². The highest BCUT2D eigenvalue weighted by Gasteiger charge is 2.34. The van der Waals surface area contributed by atoms with Crippen molar-refractivity contribution in [2.75, 3.05) is 32.7 Å². The molecule has 1 unspecified atom stereocenters. The lowest BCUT2D eigenvalue weighted by atomic mass is 10.1. The monoisotopic (exact) mass is 432 g/mol. The summed E-state index contributed by atoms with van der Waals surface area (Å²) in [5.41, 5.74) is 0.987. The van der Waals surface area contributed by atoms with Gasteiger partial charge in [-0.05, 0) is 44.4 Å². The molecule has 1 fully saturated rings. The number of hydrogen-bond donors (Lipinski definition) is 2. The molecule has 1 aliphatic heterocycles. The number of likely N-dealkylation sites (tertiary alicyclic amines) is 1. The highest BCUT2D eigenvalue weighted by atomic mass is 32.1. The summed E-state index contributed by atoms with van der Waals surface area (Å²) in [5.74, 6) is 0.0644. The maximum Gasteiger partial charge on any atom is 0.401 e. The Kier molecular flexibility index (Phi) is 6.95. The van der Waals surface area contributed by atoms with E-state index in [2.05, 4.69) is 15.6 Å². The Morgan fingerprint density at radius 1 is 1.36 bits per heavy atom. The van der Waals surface area contributed by atoms with Gasteiger partial charge < -0.3 is 10.6 Å². The van der Waals surface area contributed by atoms with Crippen molar-refractivity contribution < 1.29 is 18.0 Å². The molecule has 0 radical (unpaired) electrons. The summed E-state index contributed by atoms with van der Waals surface area (Å²) in [5, 5.41) is 8.64. The first-order chi connectivity index (χ1) is 13.3. The van der Waals surface area contributed by atoms with Crippen molar-refractivity contribution >= 4 is 28.7 Å². The van der Waals surface area contributed by atoms with Crippen LogP contribution in [0.4, 0.5) is 18.0 Å². The molecule has 3 heterocycles. The molecule has 10 heteroatoms. The Balaban J connectivity index is 1.33. The minimum Gasteiger partial charge on any atom is -0.338 e. The number of thiophene rings is 1. The molecule has 28 heavy (non-hydrogen) atoms. The first-order valence-corrected chi connectivity index (χ1v) is 10.8. The second kappa shape index (κ2) is 9.23. The number of thiazole rings is 1. The number of aryl methyl sites for hydroxylation is 1. The van der Waals surface area contributed by atoms with E-state index in [9.17, 15) is 18.0 Å². The summed E-state index contributed by atoms with van der Waals surface area (Å²) in [6.45, 7) is 2.80. The van der Waals surface area contributed by atoms with Crippen LogP contribution in [0.3, 0.4) is 0 Å². The fourth-order valence-electron chi connectivity index (χ4n) is 3.20. The SMILES string of the molecule is Cc1nc(-c2ccc(CCNC(=O)NCC3CCN(CC(F)(F)F)C3)s2)cs1. The molecule has 0 spiro atoms. The van der Waals surface area contributed by atoms with Crippen LogP contribution in [0, 0.1) is 12.8 Å². The summed E-state index contributed by atoms with van der Waals surface area (Å²) in [4.78, 5) is 20.1. The van der Waals surface area contributed by atoms with Crippen molar-refractivity contribution in [3.8, 4) is 10.6 Å². The zero-order valence-corrected chi connectivity index (χ0v) is 17.1. The van der Waals surface area contributed by atoms with Gasteiger partial charge in [-0.25, -0.2) is 9.78 Å². The van der Waals surface area contributed by atoms with Crippen LogP contribution in [0.2, 0.25) is 0 Å². The Bertz CT molecular complexity index is 790. The van der Waals surface area contributed by atoms with Crippen molar-refractivity contribution in [2.24, 2.45) is 5.92 Å². The zero-order valence-electron chi connectivity index (χ0n) is 15.5. The lowest BCUT2D eigenvalue weighted by molar-refractivity contribution is -0.143. The molecule has 5 nitrogen and oxygen atoms in total. The number of halogens is 3. The molecule has 1 saturated heterocycles. The molecular formula is C18H23F3N4OS2. The topological polar surface area (TPSA) is 57.3 Å². The molecule has 2 N–H and O–H groups in total. The number of carbonyl (C=O) groups excluding carboxylic acids is 1. The van der Waals surface area contributed by atoms with Gasteiger partial charge in [0.2, 0.25) is 0 Å². The molecule has 0 saturated carbocycles. The number of rotatable bonds is 7. The van der Waals surface area contributed by atoms with Gasteiger partial charge in [0.05, 0.1) is 22.1 Å². The van der Waals surface area contributed by atoms with Crippen LogP contribution in [0.15, 0.2) is 17.5 Å². The average molecular weight is 433 g/mol. The number of nitrogens with one attached hydrogen (secondary N) is 2. The molecule has 3 rings (SSSR count). The number of alkyl halides is 3. The molecule has 0 aliphatic carbocycles. The summed E-state index contributed by atoms with van der Waals surface area (Å²) in [6, 6.07) is 3.81. The van der Waals surface area contributed by atoms with E-state index >= 15 is 0 Å². The predicted octanol–water partition coefficient (Wildman–Crippen LogP) is 3.91. The minimum atomic E-state index is -4.17. The fourth-order valence-corrected chi connectivity index (χ4v) is 4.86. The first kappa shape index (κ1) is 21.1. The van der Waals surface area contributed by atoms with Crippen LogP contribution in [-0.4, -0.2) is 54.8 Å². The molecule has 1 aliphatic rings. The van der Waals surface area contributed by atoms with Crippen LogP contribution in [0.25, 0.3) is 10.6 Å². The van der Waals surface area contributed by atoms with Gasteiger partial charge in [-0.15, -0.1) is 22.7 Å². The molecule has 154 valence electrons. The molecule has 2 aromatic rings. The highest BCUT2D eigenvalue weighted by molar-refractivity contribution is 7.16. The first-order valence-electron chi connectivity index (χ1n) is 9.10. The van der Waals surface area contributed by atoms with Gasteiger partial charge in [-0.3, -0.25) is 4.90 Å². The lowest BCUT2D eigenvalue weighted by Crippen LogP contribution is -2.40. The van der Waals surface area contributed by atoms with Crippen LogP contribution in [0.1, 0.15) is 16.3 Å². The zero-order chi connectivity index (χ0) is 20.1. The second-order valence-corrected chi connectivity index (χ2v) is 9.14. The minimum absolute atomic E-state index is 0.0644. The van der Waals surface area contributed by atoms with Gasteiger partial charge in [-0.1, -0.05) is 0 Å². The third-order valence-electron chi connectivity index (χ3n) is 4.51. The van der Waals surface area contributed by atoms with E-state index in [1.807, 2.05) is 24.4 Å². The smallest absolute Gasteiger partial charge is 0.338 e. The summed E-state index contributed by atoms with van der Waals surface area (Å²) >= 11 is 3.28. The number of hydrogen-bond acceptors (Lipinski definition) is 5. The van der Waals surface area contributed by atoms with Gasteiger partial charge >= 0.3 is 12.2 Å². The van der Waals surface area contributed by atoms with Crippen LogP contribution in [-0.2, 0) is 6.42 Å². The van der Waals surface area contributed by atoms with Crippen LogP contribution < -0.4 is 10.6 Å². The maximum atomic E-state index is 12.4. The normalized spacial score (nSPS) is 17.8. The van der Waals surface area contributed by atoms with Crippen molar-refractivity contribution in [3.63, 3.8) is 0 Å². The molecule has 2 amide bonds. The summed E-state index contributed by atoms with van der Waals surface area (Å²) in [7, 11) is 0. The van der Waals surface area contributed by atoms with Crippen molar-refractivity contribution in [2.45, 2.75) is 25.9 Å². The molecule has 0 bridgehead atoms. The highest BCUT2D eigenvalue weighted by Crippen LogP contribution is 2.29. The van der Waals surface area contributed by atoms with E-state index < -0.39 is 12.7 Å². The lowest BCUT2D eigenvalue weighted by Gasteiger charge is -2.18. The Morgan fingerprint density at radius 2 is 2.18 bits per heavy atom. The van der Waals surface area contributed by atoms with Gasteiger partial charge in [0.25, 0.3) is 0 Å². The second-order valence-electron chi connectivity index (χ2n) is 6.91. The van der Waals surface area contributed by atoms with E-state index in [0.29, 0.717) is 32.6 Å². The van der Waals surface area contributed by atoms with Crippen molar-refractivity contribution in [1.82, 2.24) is 20.5 Å². The molecule has 1 atom stereocenters. The standard InChI is InChI=1S/C18H23F3N4OS2/c1-12-24-15(10-27-12)16-3-2-14(28-16)4-6-22-17(26)23-8-13-5-7-25(9-13)11-18(19,20)21/h2-3,10,13H,4-9,11H2,1H3,(H2,22,23,26). The number of carbonyl (C=O) groups is 1. The van der Waals surface area contributed by atoms with Crippen LogP contribution >= 0.6 is 22.7 Å². The Labute approximate surface area is 170 Å². The van der Waals surface area contributed by atoms with Crippen LogP contribution in [0.5, 0.6) is 0 Å². The molecular weight excluding hydrogens is 409 g/mol. The van der Waals surface area contributed by atoms with E-state index in [0.717, 1.165) is 22.0 Å². The third-order valence-corrected chi connectivity index (χ3v) is 6.46. The summed E-state index contributed by atoms with van der Waals surface area (Å²) < 4.78 is 37.2. The number of nitrogens with zero attached hydrogens (tertiary/aromatic N) is 2. The molecule has 2 aromatic heterocycles. The van der Waals surface area contributed by atoms with E-state index in [4.69, 9.17) is 0 Å².